The molecule has 1 heteroatoms. The van der Waals surface area contributed by atoms with Gasteiger partial charge in [0.25, 0.3) is 0 Å². The van der Waals surface area contributed by atoms with Crippen molar-refractivity contribution in [1.29, 1.82) is 0 Å². The molecule has 1 heterocycles. The maximum absolute atomic E-state index is 6.37. The van der Waals surface area contributed by atoms with Gasteiger partial charge in [0.1, 0.15) is 11.5 Å². The zero-order valence-corrected chi connectivity index (χ0v) is 23.6. The van der Waals surface area contributed by atoms with E-state index in [2.05, 4.69) is 141 Å². The number of hydrogen-bond acceptors (Lipinski definition) is 1. The molecule has 0 spiro atoms. The van der Waals surface area contributed by atoms with E-state index in [1.165, 1.54) is 71.6 Å². The predicted molar refractivity (Wildman–Crippen MR) is 175 cm³/mol. The number of benzene rings is 7. The molecule has 0 aromatic heterocycles. The molecule has 0 saturated heterocycles. The van der Waals surface area contributed by atoms with E-state index in [-0.39, 0.29) is 5.41 Å². The zero-order chi connectivity index (χ0) is 28.0. The molecular weight excluding hydrogens is 508 g/mol. The van der Waals surface area contributed by atoms with Gasteiger partial charge in [-0.1, -0.05) is 117 Å². The molecule has 1 aliphatic carbocycles. The second kappa shape index (κ2) is 8.44. The minimum absolute atomic E-state index is 0.118. The van der Waals surface area contributed by atoms with E-state index in [0.717, 1.165) is 17.1 Å². The van der Waals surface area contributed by atoms with Gasteiger partial charge in [0.2, 0.25) is 0 Å². The quantitative estimate of drug-likeness (QED) is 0.213. The normalized spacial score (nSPS) is 13.9. The van der Waals surface area contributed by atoms with E-state index >= 15 is 0 Å². The van der Waals surface area contributed by atoms with Crippen molar-refractivity contribution in [3.05, 3.63) is 145 Å². The molecule has 0 amide bonds. The first-order chi connectivity index (χ1) is 20.6. The monoisotopic (exact) mass is 536 g/mol. The molecule has 0 bridgehead atoms. The molecule has 198 valence electrons. The van der Waals surface area contributed by atoms with Gasteiger partial charge < -0.3 is 4.74 Å². The molecule has 9 rings (SSSR count). The maximum Gasteiger partial charge on any atom is 0.135 e. The largest absolute Gasteiger partial charge is 0.456 e. The fraction of sp³-hybridized carbons (Fsp3) is 0.0732. The van der Waals surface area contributed by atoms with Crippen molar-refractivity contribution in [2.75, 3.05) is 0 Å². The second-order valence-corrected chi connectivity index (χ2v) is 12.1. The lowest BCUT2D eigenvalue weighted by Crippen LogP contribution is -2.15. The highest BCUT2D eigenvalue weighted by molar-refractivity contribution is 6.10. The summed E-state index contributed by atoms with van der Waals surface area (Å²) in [4.78, 5) is 0. The van der Waals surface area contributed by atoms with Crippen molar-refractivity contribution in [1.82, 2.24) is 0 Å². The molecule has 0 N–H and O–H groups in total. The van der Waals surface area contributed by atoms with Crippen LogP contribution >= 0.6 is 0 Å². The highest BCUT2D eigenvalue weighted by Crippen LogP contribution is 2.53. The molecule has 0 radical (unpaired) electrons. The lowest BCUT2D eigenvalue weighted by atomic mass is 9.80. The van der Waals surface area contributed by atoms with E-state index in [1.807, 2.05) is 6.07 Å². The second-order valence-electron chi connectivity index (χ2n) is 12.1. The highest BCUT2D eigenvalue weighted by atomic mass is 16.5. The zero-order valence-electron chi connectivity index (χ0n) is 23.6. The van der Waals surface area contributed by atoms with Gasteiger partial charge in [-0.15, -0.1) is 0 Å². The van der Waals surface area contributed by atoms with Gasteiger partial charge in [0.05, 0.1) is 0 Å². The smallest absolute Gasteiger partial charge is 0.135 e. The van der Waals surface area contributed by atoms with Crippen molar-refractivity contribution in [3.8, 4) is 56.0 Å². The van der Waals surface area contributed by atoms with Crippen molar-refractivity contribution in [2.24, 2.45) is 0 Å². The van der Waals surface area contributed by atoms with Crippen molar-refractivity contribution in [2.45, 2.75) is 19.3 Å². The third-order valence-electron chi connectivity index (χ3n) is 9.47. The van der Waals surface area contributed by atoms with Crippen LogP contribution in [-0.4, -0.2) is 0 Å². The molecule has 0 saturated carbocycles. The Morgan fingerprint density at radius 3 is 2.05 bits per heavy atom. The van der Waals surface area contributed by atoms with Gasteiger partial charge in [0, 0.05) is 16.4 Å². The first kappa shape index (κ1) is 23.6. The fourth-order valence-corrected chi connectivity index (χ4v) is 7.38. The van der Waals surface area contributed by atoms with Crippen LogP contribution in [0, 0.1) is 0 Å². The number of hydrogen-bond donors (Lipinski definition) is 0. The molecule has 2 aliphatic rings. The van der Waals surface area contributed by atoms with Gasteiger partial charge in [-0.05, 0) is 96.6 Å². The fourth-order valence-electron chi connectivity index (χ4n) is 7.38. The first-order valence-corrected chi connectivity index (χ1v) is 14.7. The third-order valence-corrected chi connectivity index (χ3v) is 9.47. The lowest BCUT2D eigenvalue weighted by molar-refractivity contribution is 0.487. The molecule has 1 aliphatic heterocycles. The Balaban J connectivity index is 1.22. The van der Waals surface area contributed by atoms with E-state index in [4.69, 9.17) is 4.74 Å². The summed E-state index contributed by atoms with van der Waals surface area (Å²) in [6.07, 6.45) is 0. The number of para-hydroxylation sites is 1. The van der Waals surface area contributed by atoms with Gasteiger partial charge in [-0.25, -0.2) is 0 Å². The van der Waals surface area contributed by atoms with Crippen LogP contribution < -0.4 is 4.74 Å². The Kier molecular flexibility index (Phi) is 4.73. The molecule has 7 aromatic carbocycles. The van der Waals surface area contributed by atoms with Crippen LogP contribution in [0.2, 0.25) is 0 Å². The number of ether oxygens (including phenoxy) is 1. The predicted octanol–water partition coefficient (Wildman–Crippen LogP) is 11.4. The van der Waals surface area contributed by atoms with E-state index < -0.39 is 0 Å². The summed E-state index contributed by atoms with van der Waals surface area (Å²) in [5.74, 6) is 1.85. The Labute approximate surface area is 245 Å². The third kappa shape index (κ3) is 3.19. The molecule has 1 nitrogen and oxygen atoms in total. The topological polar surface area (TPSA) is 9.23 Å². The Bertz CT molecular complexity index is 2240. The summed E-state index contributed by atoms with van der Waals surface area (Å²) in [5.41, 5.74) is 12.8. The lowest BCUT2D eigenvalue weighted by Gasteiger charge is -2.24. The summed E-state index contributed by atoms with van der Waals surface area (Å²) >= 11 is 0. The summed E-state index contributed by atoms with van der Waals surface area (Å²) in [6.45, 7) is 4.75. The average molecular weight is 537 g/mol. The van der Waals surface area contributed by atoms with E-state index in [1.54, 1.807) is 0 Å². The van der Waals surface area contributed by atoms with E-state index in [0.29, 0.717) is 0 Å². The van der Waals surface area contributed by atoms with Gasteiger partial charge >= 0.3 is 0 Å². The van der Waals surface area contributed by atoms with Crippen LogP contribution in [0.15, 0.2) is 133 Å². The van der Waals surface area contributed by atoms with Crippen LogP contribution in [0.25, 0.3) is 66.1 Å². The summed E-state index contributed by atoms with van der Waals surface area (Å²) < 4.78 is 6.37. The van der Waals surface area contributed by atoms with Gasteiger partial charge in [-0.3, -0.25) is 0 Å². The van der Waals surface area contributed by atoms with Gasteiger partial charge in [-0.2, -0.15) is 0 Å². The maximum atomic E-state index is 6.37. The Morgan fingerprint density at radius 1 is 0.429 bits per heavy atom. The molecule has 0 atom stereocenters. The molecule has 0 unspecified atom stereocenters. The molecular formula is C41H28O. The first-order valence-electron chi connectivity index (χ1n) is 14.7. The van der Waals surface area contributed by atoms with Crippen LogP contribution in [0.1, 0.15) is 25.0 Å². The molecule has 7 aromatic rings. The van der Waals surface area contributed by atoms with Crippen LogP contribution in [0.4, 0.5) is 0 Å². The Hall–Kier alpha value is -5.14. The highest BCUT2D eigenvalue weighted by Gasteiger charge is 2.36. The minimum Gasteiger partial charge on any atom is -0.456 e. The SMILES string of the molecule is CC1(C)c2cc(-c3ccc4c5c(cccc35)-c3ccccc3O4)ccc2-c2cc3cccc(-c4ccccc4)c3cc21. The number of rotatable bonds is 2. The molecule has 0 fully saturated rings. The summed E-state index contributed by atoms with van der Waals surface area (Å²) in [7, 11) is 0. The molecule has 42 heavy (non-hydrogen) atoms. The Morgan fingerprint density at radius 2 is 1.14 bits per heavy atom. The van der Waals surface area contributed by atoms with Crippen LogP contribution in [0.3, 0.4) is 0 Å². The van der Waals surface area contributed by atoms with Gasteiger partial charge in [0.15, 0.2) is 0 Å². The standard InChI is InChI=1S/C41H28O/c1-41(2)36-23-27(29-20-21-39-40-32(29)15-9-16-33(40)31-13-6-7-17-38(31)42-39)18-19-30(36)35-22-26-12-8-14-28(34(26)24-37(35)41)25-10-4-3-5-11-25/h3-24H,1-2H3. The minimum atomic E-state index is -0.118. The number of fused-ring (bicyclic) bond motifs is 6. The van der Waals surface area contributed by atoms with Crippen molar-refractivity contribution in [3.63, 3.8) is 0 Å². The summed E-state index contributed by atoms with van der Waals surface area (Å²) in [6, 6.07) is 48.7. The van der Waals surface area contributed by atoms with Crippen molar-refractivity contribution < 1.29 is 4.74 Å². The van der Waals surface area contributed by atoms with E-state index in [9.17, 15) is 0 Å². The summed E-state index contributed by atoms with van der Waals surface area (Å²) in [5, 5.41) is 5.02. The average Bonchev–Trinajstić information content (AvgIpc) is 3.25. The van der Waals surface area contributed by atoms with Crippen molar-refractivity contribution >= 4 is 21.5 Å². The van der Waals surface area contributed by atoms with Crippen LogP contribution in [-0.2, 0) is 5.41 Å². The van der Waals surface area contributed by atoms with Crippen LogP contribution in [0.5, 0.6) is 11.5 Å².